The predicted octanol–water partition coefficient (Wildman–Crippen LogP) is 3.68. The molecule has 0 spiro atoms. The molecule has 2 N–H and O–H groups in total. The molecule has 2 aromatic carbocycles. The average Bonchev–Trinajstić information content (AvgIpc) is 3.46. The van der Waals surface area contributed by atoms with Gasteiger partial charge in [0.05, 0.1) is 11.0 Å². The number of carbonyl (C=O) groups excluding carboxylic acids is 1. The minimum absolute atomic E-state index is 0.0714. The lowest BCUT2D eigenvalue weighted by Gasteiger charge is -2.06. The zero-order valence-electron chi connectivity index (χ0n) is 15.1. The number of aromatic amines is 1. The number of H-pyrrole nitrogens is 1. The minimum atomic E-state index is -0.551. The van der Waals surface area contributed by atoms with Crippen molar-refractivity contribution in [3.05, 3.63) is 70.0 Å². The summed E-state index contributed by atoms with van der Waals surface area (Å²) in [6.07, 6.45) is 2.32. The highest BCUT2D eigenvalue weighted by Crippen LogP contribution is 2.40. The average molecular weight is 376 g/mol. The van der Waals surface area contributed by atoms with Gasteiger partial charge in [-0.2, -0.15) is 0 Å². The fraction of sp³-hybridized carbons (Fsp3) is 0.190. The van der Waals surface area contributed by atoms with E-state index in [0.717, 1.165) is 29.7 Å². The van der Waals surface area contributed by atoms with Gasteiger partial charge in [-0.15, -0.1) is 0 Å². The van der Waals surface area contributed by atoms with Crippen LogP contribution in [0.25, 0.3) is 21.9 Å². The second-order valence-corrected chi connectivity index (χ2v) is 7.20. The van der Waals surface area contributed by atoms with Gasteiger partial charge in [-0.05, 0) is 55.3 Å². The topological polar surface area (TPSA) is 79.8 Å². The molecule has 6 nitrogen and oxygen atoms in total. The van der Waals surface area contributed by atoms with E-state index in [-0.39, 0.29) is 5.56 Å². The molecular formula is C21H17FN4O2. The van der Waals surface area contributed by atoms with Crippen LogP contribution in [0.4, 0.5) is 10.1 Å². The highest BCUT2D eigenvalue weighted by molar-refractivity contribution is 6.06. The maximum atomic E-state index is 13.5. The van der Waals surface area contributed by atoms with Crippen molar-refractivity contribution in [3.8, 4) is 0 Å². The van der Waals surface area contributed by atoms with E-state index in [1.54, 1.807) is 12.1 Å². The first-order chi connectivity index (χ1) is 13.5. The number of imidazole rings is 1. The van der Waals surface area contributed by atoms with Crippen LogP contribution in [0.3, 0.4) is 0 Å². The molecule has 1 aliphatic carbocycles. The molecule has 0 unspecified atom stereocenters. The van der Waals surface area contributed by atoms with E-state index < -0.39 is 17.3 Å². The summed E-state index contributed by atoms with van der Waals surface area (Å²) < 4.78 is 15.5. The highest BCUT2D eigenvalue weighted by Gasteiger charge is 2.28. The first kappa shape index (κ1) is 16.7. The number of rotatable bonds is 3. The number of aryl methyl sites for hydroxylation is 1. The third-order valence-corrected chi connectivity index (χ3v) is 5.17. The van der Waals surface area contributed by atoms with Gasteiger partial charge in [-0.3, -0.25) is 9.59 Å². The van der Waals surface area contributed by atoms with E-state index in [1.165, 1.54) is 24.3 Å². The van der Waals surface area contributed by atoms with Gasteiger partial charge < -0.3 is 14.9 Å². The Labute approximate surface area is 159 Å². The van der Waals surface area contributed by atoms with Crippen LogP contribution in [0.15, 0.2) is 47.3 Å². The number of hydrogen-bond acceptors (Lipinski definition) is 3. The largest absolute Gasteiger partial charge is 0.331 e. The number of amides is 1. The molecule has 140 valence electrons. The first-order valence-corrected chi connectivity index (χ1v) is 9.10. The van der Waals surface area contributed by atoms with E-state index >= 15 is 0 Å². The SMILES string of the molecule is Cn1c(C2CC2)nc2cc(NC(=O)c3cc4cc(F)ccc4[nH]c3=O)ccc21. The van der Waals surface area contributed by atoms with Gasteiger partial charge in [-0.1, -0.05) is 0 Å². The van der Waals surface area contributed by atoms with Gasteiger partial charge in [0.1, 0.15) is 17.2 Å². The number of benzene rings is 2. The second kappa shape index (κ2) is 6.02. The van der Waals surface area contributed by atoms with Gasteiger partial charge in [0.25, 0.3) is 11.5 Å². The lowest BCUT2D eigenvalue weighted by atomic mass is 10.1. The molecule has 1 amide bonds. The molecule has 2 aromatic heterocycles. The number of carbonyl (C=O) groups is 1. The summed E-state index contributed by atoms with van der Waals surface area (Å²) in [5.74, 6) is 0.599. The molecule has 1 aliphatic rings. The van der Waals surface area contributed by atoms with Gasteiger partial charge in [-0.25, -0.2) is 9.37 Å². The fourth-order valence-electron chi connectivity index (χ4n) is 3.55. The molecule has 0 aliphatic heterocycles. The molecule has 5 rings (SSSR count). The predicted molar refractivity (Wildman–Crippen MR) is 105 cm³/mol. The number of aromatic nitrogens is 3. The fourth-order valence-corrected chi connectivity index (χ4v) is 3.55. The summed E-state index contributed by atoms with van der Waals surface area (Å²) in [6.45, 7) is 0. The summed E-state index contributed by atoms with van der Waals surface area (Å²) in [7, 11) is 2.00. The number of nitrogens with one attached hydrogen (secondary N) is 2. The number of anilines is 1. The number of pyridine rings is 1. The third kappa shape index (κ3) is 2.76. The van der Waals surface area contributed by atoms with Crippen LogP contribution in [0.1, 0.15) is 34.9 Å². The normalized spacial score (nSPS) is 13.9. The maximum Gasteiger partial charge on any atom is 0.261 e. The first-order valence-electron chi connectivity index (χ1n) is 9.10. The molecule has 1 fully saturated rings. The Morgan fingerprint density at radius 1 is 1.21 bits per heavy atom. The third-order valence-electron chi connectivity index (χ3n) is 5.17. The number of halogens is 1. The van der Waals surface area contributed by atoms with Gasteiger partial charge in [0, 0.05) is 29.6 Å². The maximum absolute atomic E-state index is 13.5. The molecule has 0 radical (unpaired) electrons. The van der Waals surface area contributed by atoms with Crippen LogP contribution in [0.2, 0.25) is 0 Å². The van der Waals surface area contributed by atoms with Crippen molar-refractivity contribution < 1.29 is 9.18 Å². The standard InChI is InChI=1S/C21H17FN4O2/c1-26-18-7-5-14(10-17(18)24-19(26)11-2-3-11)23-20(27)15-9-12-8-13(22)4-6-16(12)25-21(15)28/h4-11H,2-3H2,1H3,(H,23,27)(H,25,28). The van der Waals surface area contributed by atoms with Crippen LogP contribution in [-0.4, -0.2) is 20.4 Å². The Hall–Kier alpha value is -3.48. The lowest BCUT2D eigenvalue weighted by Crippen LogP contribution is -2.23. The van der Waals surface area contributed by atoms with E-state index in [1.807, 2.05) is 13.1 Å². The Bertz CT molecular complexity index is 1320. The molecule has 4 aromatic rings. The molecule has 0 atom stereocenters. The van der Waals surface area contributed by atoms with E-state index in [0.29, 0.717) is 22.5 Å². The minimum Gasteiger partial charge on any atom is -0.331 e. The summed E-state index contributed by atoms with van der Waals surface area (Å²) >= 11 is 0. The van der Waals surface area contributed by atoms with Crippen molar-refractivity contribution in [2.45, 2.75) is 18.8 Å². The van der Waals surface area contributed by atoms with Crippen LogP contribution in [0, 0.1) is 5.82 Å². The van der Waals surface area contributed by atoms with Crippen molar-refractivity contribution in [1.29, 1.82) is 0 Å². The zero-order chi connectivity index (χ0) is 19.4. The Kier molecular flexibility index (Phi) is 3.58. The Morgan fingerprint density at radius 3 is 2.82 bits per heavy atom. The van der Waals surface area contributed by atoms with Gasteiger partial charge in [0.15, 0.2) is 0 Å². The summed E-state index contributed by atoms with van der Waals surface area (Å²) in [6, 6.07) is 10.9. The van der Waals surface area contributed by atoms with Crippen molar-refractivity contribution in [1.82, 2.24) is 14.5 Å². The lowest BCUT2D eigenvalue weighted by molar-refractivity contribution is 0.102. The molecule has 0 bridgehead atoms. The van der Waals surface area contributed by atoms with Crippen LogP contribution in [0.5, 0.6) is 0 Å². The molecule has 7 heteroatoms. The van der Waals surface area contributed by atoms with Crippen LogP contribution < -0.4 is 10.9 Å². The van der Waals surface area contributed by atoms with Crippen molar-refractivity contribution in [2.75, 3.05) is 5.32 Å². The Morgan fingerprint density at radius 2 is 2.04 bits per heavy atom. The summed E-state index contributed by atoms with van der Waals surface area (Å²) in [4.78, 5) is 32.2. The van der Waals surface area contributed by atoms with Crippen LogP contribution >= 0.6 is 0 Å². The quantitative estimate of drug-likeness (QED) is 0.572. The molecular weight excluding hydrogens is 359 g/mol. The van der Waals surface area contributed by atoms with Crippen LogP contribution in [-0.2, 0) is 7.05 Å². The summed E-state index contributed by atoms with van der Waals surface area (Å²) in [5, 5.41) is 3.20. The number of nitrogens with zero attached hydrogens (tertiary/aromatic N) is 2. The zero-order valence-corrected chi connectivity index (χ0v) is 15.1. The van der Waals surface area contributed by atoms with Gasteiger partial charge in [0.2, 0.25) is 0 Å². The second-order valence-electron chi connectivity index (χ2n) is 7.20. The van der Waals surface area contributed by atoms with Crippen molar-refractivity contribution in [2.24, 2.45) is 7.05 Å². The van der Waals surface area contributed by atoms with Crippen molar-refractivity contribution in [3.63, 3.8) is 0 Å². The molecule has 2 heterocycles. The Balaban J connectivity index is 1.48. The van der Waals surface area contributed by atoms with E-state index in [9.17, 15) is 14.0 Å². The number of hydrogen-bond donors (Lipinski definition) is 2. The van der Waals surface area contributed by atoms with Crippen molar-refractivity contribution >= 4 is 33.5 Å². The summed E-state index contributed by atoms with van der Waals surface area (Å²) in [5.41, 5.74) is 2.24. The van der Waals surface area contributed by atoms with E-state index in [4.69, 9.17) is 0 Å². The van der Waals surface area contributed by atoms with Gasteiger partial charge >= 0.3 is 0 Å². The number of fused-ring (bicyclic) bond motifs is 2. The monoisotopic (exact) mass is 376 g/mol. The molecule has 1 saturated carbocycles. The van der Waals surface area contributed by atoms with E-state index in [2.05, 4.69) is 19.9 Å². The smallest absolute Gasteiger partial charge is 0.261 e. The molecule has 28 heavy (non-hydrogen) atoms. The molecule has 0 saturated heterocycles. The highest BCUT2D eigenvalue weighted by atomic mass is 19.1.